The minimum absolute atomic E-state index is 0.589. The van der Waals surface area contributed by atoms with E-state index in [0.29, 0.717) is 12.5 Å². The van der Waals surface area contributed by atoms with Crippen molar-refractivity contribution < 1.29 is 4.74 Å². The van der Waals surface area contributed by atoms with Crippen molar-refractivity contribution in [3.63, 3.8) is 0 Å². The van der Waals surface area contributed by atoms with E-state index in [1.807, 2.05) is 6.07 Å². The van der Waals surface area contributed by atoms with Gasteiger partial charge in [0, 0.05) is 11.3 Å². The molecule has 2 aromatic heterocycles. The van der Waals surface area contributed by atoms with Gasteiger partial charge in [0.1, 0.15) is 18.2 Å². The van der Waals surface area contributed by atoms with E-state index in [0.717, 1.165) is 36.5 Å². The van der Waals surface area contributed by atoms with Gasteiger partial charge in [0.15, 0.2) is 0 Å². The lowest BCUT2D eigenvalue weighted by Crippen LogP contribution is -2.11. The number of benzene rings is 2. The van der Waals surface area contributed by atoms with E-state index < -0.39 is 0 Å². The number of nitrogens with zero attached hydrogens (tertiary/aromatic N) is 2. The first-order valence-electron chi connectivity index (χ1n) is 9.94. The van der Waals surface area contributed by atoms with Crippen LogP contribution in [0.1, 0.15) is 42.5 Å². The van der Waals surface area contributed by atoms with Gasteiger partial charge in [-0.15, -0.1) is 11.3 Å². The molecule has 28 heavy (non-hydrogen) atoms. The number of hydrogen-bond donors (Lipinski definition) is 0. The summed E-state index contributed by atoms with van der Waals surface area (Å²) in [5.74, 6) is 2.61. The summed E-state index contributed by atoms with van der Waals surface area (Å²) in [6, 6.07) is 21.1. The molecule has 0 bridgehead atoms. The molecule has 0 saturated carbocycles. The van der Waals surface area contributed by atoms with Crippen molar-refractivity contribution in [2.24, 2.45) is 0 Å². The van der Waals surface area contributed by atoms with Gasteiger partial charge in [-0.05, 0) is 53.6 Å². The highest BCUT2D eigenvalue weighted by Crippen LogP contribution is 2.23. The second-order valence-electron chi connectivity index (χ2n) is 7.15. The fourth-order valence-corrected chi connectivity index (χ4v) is 4.16. The summed E-state index contributed by atoms with van der Waals surface area (Å²) in [7, 11) is 0. The van der Waals surface area contributed by atoms with E-state index in [1.54, 1.807) is 11.3 Å². The fourth-order valence-electron chi connectivity index (χ4n) is 3.46. The molecule has 2 aromatic carbocycles. The summed E-state index contributed by atoms with van der Waals surface area (Å²) in [5.41, 5.74) is 3.59. The van der Waals surface area contributed by atoms with Crippen LogP contribution in [0.4, 0.5) is 0 Å². The fraction of sp³-hybridized carbons (Fsp3) is 0.292. The summed E-state index contributed by atoms with van der Waals surface area (Å²) in [5, 5.41) is 2.12. The Morgan fingerprint density at radius 2 is 1.86 bits per heavy atom. The van der Waals surface area contributed by atoms with Crippen molar-refractivity contribution in [3.8, 4) is 5.75 Å². The first-order valence-corrected chi connectivity index (χ1v) is 10.8. The zero-order valence-electron chi connectivity index (χ0n) is 16.5. The second kappa shape index (κ2) is 8.61. The normalized spacial score (nSPS) is 12.4. The molecule has 4 rings (SSSR count). The first kappa shape index (κ1) is 18.8. The van der Waals surface area contributed by atoms with Gasteiger partial charge >= 0.3 is 0 Å². The number of fused-ring (bicyclic) bond motifs is 1. The Hall–Kier alpha value is -2.59. The molecular weight excluding hydrogens is 364 g/mol. The number of rotatable bonds is 8. The van der Waals surface area contributed by atoms with Crippen LogP contribution in [0.15, 0.2) is 66.0 Å². The van der Waals surface area contributed by atoms with E-state index in [-0.39, 0.29) is 0 Å². The Morgan fingerprint density at radius 1 is 1.04 bits per heavy atom. The van der Waals surface area contributed by atoms with Gasteiger partial charge in [-0.25, -0.2) is 4.98 Å². The molecule has 0 fully saturated rings. The second-order valence-corrected chi connectivity index (χ2v) is 8.18. The number of ether oxygens (including phenoxy) is 1. The van der Waals surface area contributed by atoms with Crippen LogP contribution in [0, 0.1) is 0 Å². The predicted octanol–water partition coefficient (Wildman–Crippen LogP) is 6.28. The van der Waals surface area contributed by atoms with Gasteiger partial charge in [-0.3, -0.25) is 0 Å². The quantitative estimate of drug-likeness (QED) is 0.354. The summed E-state index contributed by atoms with van der Waals surface area (Å²) in [6.45, 7) is 5.89. The third-order valence-corrected chi connectivity index (χ3v) is 6.17. The highest BCUT2D eigenvalue weighted by Gasteiger charge is 2.12. The summed E-state index contributed by atoms with van der Waals surface area (Å²) in [4.78, 5) is 6.20. The molecule has 3 nitrogen and oxygen atoms in total. The maximum absolute atomic E-state index is 6.04. The minimum Gasteiger partial charge on any atom is -0.492 e. The van der Waals surface area contributed by atoms with Crippen LogP contribution in [0.3, 0.4) is 0 Å². The van der Waals surface area contributed by atoms with E-state index >= 15 is 0 Å². The smallest absolute Gasteiger partial charge is 0.119 e. The van der Waals surface area contributed by atoms with Crippen molar-refractivity contribution in [1.29, 1.82) is 0 Å². The largest absolute Gasteiger partial charge is 0.492 e. The lowest BCUT2D eigenvalue weighted by Gasteiger charge is -2.12. The molecule has 2 heterocycles. The van der Waals surface area contributed by atoms with Crippen molar-refractivity contribution in [1.82, 2.24) is 9.55 Å². The lowest BCUT2D eigenvalue weighted by molar-refractivity contribution is 0.298. The molecule has 144 valence electrons. The molecule has 0 aliphatic carbocycles. The third-order valence-electron chi connectivity index (χ3n) is 5.29. The van der Waals surface area contributed by atoms with Gasteiger partial charge in [0.2, 0.25) is 0 Å². The average Bonchev–Trinajstić information content (AvgIpc) is 3.36. The van der Waals surface area contributed by atoms with E-state index in [4.69, 9.17) is 9.72 Å². The standard InChI is InChI=1S/C24H26N2OS/c1-3-18(2)19-10-12-20(13-11-19)27-15-14-26-23-9-5-4-8-22(23)25-24(26)17-21-7-6-16-28-21/h4-13,16,18H,3,14-15,17H2,1-2H3. The maximum atomic E-state index is 6.04. The van der Waals surface area contributed by atoms with Crippen molar-refractivity contribution in [2.45, 2.75) is 39.2 Å². The molecule has 0 aliphatic heterocycles. The van der Waals surface area contributed by atoms with Gasteiger partial charge < -0.3 is 9.30 Å². The Kier molecular flexibility index (Phi) is 5.77. The number of thiophene rings is 1. The van der Waals surface area contributed by atoms with Gasteiger partial charge in [0.25, 0.3) is 0 Å². The first-order chi connectivity index (χ1) is 13.7. The Labute approximate surface area is 170 Å². The molecule has 0 aliphatic rings. The van der Waals surface area contributed by atoms with Crippen LogP contribution in [0.25, 0.3) is 11.0 Å². The molecule has 0 amide bonds. The zero-order chi connectivity index (χ0) is 19.3. The van der Waals surface area contributed by atoms with Gasteiger partial charge in [-0.1, -0.05) is 44.2 Å². The summed E-state index contributed by atoms with van der Waals surface area (Å²) < 4.78 is 8.34. The SMILES string of the molecule is CCC(C)c1ccc(OCCn2c(Cc3cccs3)nc3ccccc32)cc1. The lowest BCUT2D eigenvalue weighted by atomic mass is 9.99. The summed E-state index contributed by atoms with van der Waals surface area (Å²) in [6.07, 6.45) is 2.01. The molecule has 4 heteroatoms. The van der Waals surface area contributed by atoms with Crippen LogP contribution in [0.2, 0.25) is 0 Å². The van der Waals surface area contributed by atoms with Gasteiger partial charge in [-0.2, -0.15) is 0 Å². The molecule has 0 saturated heterocycles. The van der Waals surface area contributed by atoms with Crippen LogP contribution < -0.4 is 4.74 Å². The van der Waals surface area contributed by atoms with Crippen molar-refractivity contribution in [3.05, 3.63) is 82.3 Å². The molecule has 1 unspecified atom stereocenters. The summed E-state index contributed by atoms with van der Waals surface area (Å²) >= 11 is 1.78. The average molecular weight is 391 g/mol. The van der Waals surface area contributed by atoms with Crippen LogP contribution in [-0.2, 0) is 13.0 Å². The van der Waals surface area contributed by atoms with Crippen LogP contribution in [0.5, 0.6) is 5.75 Å². The topological polar surface area (TPSA) is 27.1 Å². The van der Waals surface area contributed by atoms with Crippen molar-refractivity contribution in [2.75, 3.05) is 6.61 Å². The Bertz CT molecular complexity index is 1020. The van der Waals surface area contributed by atoms with Gasteiger partial charge in [0.05, 0.1) is 17.6 Å². The Morgan fingerprint density at radius 3 is 2.61 bits per heavy atom. The number of aromatic nitrogens is 2. The van der Waals surface area contributed by atoms with E-state index in [1.165, 1.54) is 16.0 Å². The number of para-hydroxylation sites is 2. The molecular formula is C24H26N2OS. The highest BCUT2D eigenvalue weighted by atomic mass is 32.1. The van der Waals surface area contributed by atoms with E-state index in [2.05, 4.69) is 78.4 Å². The number of imidazole rings is 1. The van der Waals surface area contributed by atoms with Crippen LogP contribution in [-0.4, -0.2) is 16.2 Å². The highest BCUT2D eigenvalue weighted by molar-refractivity contribution is 7.09. The maximum Gasteiger partial charge on any atom is 0.119 e. The number of hydrogen-bond acceptors (Lipinski definition) is 3. The van der Waals surface area contributed by atoms with Crippen molar-refractivity contribution >= 4 is 22.4 Å². The zero-order valence-corrected chi connectivity index (χ0v) is 17.3. The Balaban J connectivity index is 1.48. The minimum atomic E-state index is 0.589. The molecule has 1 atom stereocenters. The molecule has 0 spiro atoms. The monoisotopic (exact) mass is 390 g/mol. The predicted molar refractivity (Wildman–Crippen MR) is 118 cm³/mol. The molecule has 4 aromatic rings. The third kappa shape index (κ3) is 4.12. The molecule has 0 N–H and O–H groups in total. The van der Waals surface area contributed by atoms with E-state index in [9.17, 15) is 0 Å². The van der Waals surface area contributed by atoms with Crippen LogP contribution >= 0.6 is 11.3 Å². The molecule has 0 radical (unpaired) electrons.